The van der Waals surface area contributed by atoms with Crippen molar-refractivity contribution in [1.82, 2.24) is 20.4 Å². The van der Waals surface area contributed by atoms with Crippen LogP contribution in [0.25, 0.3) is 11.8 Å². The number of carbonyl (C=O) groups is 2. The Morgan fingerprint density at radius 1 is 1.16 bits per heavy atom. The summed E-state index contributed by atoms with van der Waals surface area (Å²) in [5.41, 5.74) is 7.82. The van der Waals surface area contributed by atoms with Crippen LogP contribution >= 0.6 is 0 Å². The Labute approximate surface area is 185 Å². The summed E-state index contributed by atoms with van der Waals surface area (Å²) in [5, 5.41) is 19.3. The molecule has 4 N–H and O–H groups in total. The Bertz CT molecular complexity index is 1110. The molecule has 0 aliphatic heterocycles. The van der Waals surface area contributed by atoms with Crippen LogP contribution in [-0.4, -0.2) is 34.7 Å². The molecule has 0 radical (unpaired) electrons. The summed E-state index contributed by atoms with van der Waals surface area (Å²) >= 11 is 0. The van der Waals surface area contributed by atoms with E-state index in [1.807, 2.05) is 30.3 Å². The molecule has 0 atom stereocenters. The van der Waals surface area contributed by atoms with Crippen molar-refractivity contribution in [3.05, 3.63) is 71.8 Å². The van der Waals surface area contributed by atoms with Gasteiger partial charge in [-0.15, -0.1) is 0 Å². The van der Waals surface area contributed by atoms with E-state index in [0.717, 1.165) is 5.69 Å². The number of rotatable bonds is 10. The molecule has 9 heteroatoms. The molecule has 32 heavy (non-hydrogen) atoms. The van der Waals surface area contributed by atoms with Gasteiger partial charge in [-0.25, -0.2) is 4.68 Å². The normalized spacial score (nSPS) is 10.7. The average Bonchev–Trinajstić information content (AvgIpc) is 3.43. The first-order valence-electron chi connectivity index (χ1n) is 10.2. The van der Waals surface area contributed by atoms with Crippen molar-refractivity contribution in [3.8, 4) is 11.8 Å². The number of hydrogen-bond acceptors (Lipinski definition) is 6. The molecule has 3 aromatic rings. The predicted octanol–water partition coefficient (Wildman–Crippen LogP) is 2.19. The highest BCUT2D eigenvalue weighted by molar-refractivity contribution is 5.91. The van der Waals surface area contributed by atoms with Crippen molar-refractivity contribution in [3.63, 3.8) is 0 Å². The molecular weight excluding hydrogens is 408 g/mol. The SMILES string of the molecule is N#Cc1c(CCCNC(=O)CCNC(=O)/C=C/c2ccco2)nn(-c2ccccc2)c1N. The van der Waals surface area contributed by atoms with E-state index in [2.05, 4.69) is 21.8 Å². The van der Waals surface area contributed by atoms with Crippen LogP contribution in [0.5, 0.6) is 0 Å². The fourth-order valence-corrected chi connectivity index (χ4v) is 3.02. The molecule has 3 rings (SSSR count). The van der Waals surface area contributed by atoms with Crippen molar-refractivity contribution < 1.29 is 14.0 Å². The van der Waals surface area contributed by atoms with Crippen LogP contribution in [0.2, 0.25) is 0 Å². The van der Waals surface area contributed by atoms with E-state index in [1.165, 1.54) is 12.3 Å². The topological polar surface area (TPSA) is 139 Å². The fourth-order valence-electron chi connectivity index (χ4n) is 3.02. The summed E-state index contributed by atoms with van der Waals surface area (Å²) in [7, 11) is 0. The van der Waals surface area contributed by atoms with Crippen molar-refractivity contribution in [2.45, 2.75) is 19.3 Å². The predicted molar refractivity (Wildman–Crippen MR) is 119 cm³/mol. The van der Waals surface area contributed by atoms with E-state index in [-0.39, 0.29) is 24.8 Å². The number of aryl methyl sites for hydroxylation is 1. The number of hydrogen-bond donors (Lipinski definition) is 3. The number of nitrogens with one attached hydrogen (secondary N) is 2. The third-order valence-electron chi connectivity index (χ3n) is 4.61. The largest absolute Gasteiger partial charge is 0.465 e. The Kier molecular flexibility index (Phi) is 7.81. The second kappa shape index (κ2) is 11.2. The van der Waals surface area contributed by atoms with Gasteiger partial charge in [0, 0.05) is 25.6 Å². The molecule has 0 spiro atoms. The molecular formula is C23H24N6O3. The van der Waals surface area contributed by atoms with Crippen molar-refractivity contribution >= 4 is 23.7 Å². The van der Waals surface area contributed by atoms with Gasteiger partial charge in [0.15, 0.2) is 0 Å². The third kappa shape index (κ3) is 6.09. The van der Waals surface area contributed by atoms with Gasteiger partial charge in [-0.3, -0.25) is 9.59 Å². The summed E-state index contributed by atoms with van der Waals surface area (Å²) in [6.45, 7) is 0.651. The summed E-state index contributed by atoms with van der Waals surface area (Å²) in [6, 6.07) is 14.9. The minimum Gasteiger partial charge on any atom is -0.465 e. The number of amides is 2. The zero-order valence-electron chi connectivity index (χ0n) is 17.5. The fraction of sp³-hybridized carbons (Fsp3) is 0.217. The lowest BCUT2D eigenvalue weighted by atomic mass is 10.1. The quantitative estimate of drug-likeness (QED) is 0.331. The van der Waals surface area contributed by atoms with Gasteiger partial charge in [0.2, 0.25) is 11.8 Å². The summed E-state index contributed by atoms with van der Waals surface area (Å²) < 4.78 is 6.65. The molecule has 0 saturated heterocycles. The van der Waals surface area contributed by atoms with Gasteiger partial charge < -0.3 is 20.8 Å². The highest BCUT2D eigenvalue weighted by Crippen LogP contribution is 2.21. The maximum Gasteiger partial charge on any atom is 0.244 e. The molecule has 2 heterocycles. The lowest BCUT2D eigenvalue weighted by molar-refractivity contribution is -0.121. The number of nitrogens with zero attached hydrogens (tertiary/aromatic N) is 3. The van der Waals surface area contributed by atoms with E-state index in [9.17, 15) is 14.9 Å². The number of nitrogens with two attached hydrogens (primary N) is 1. The molecule has 9 nitrogen and oxygen atoms in total. The number of anilines is 1. The van der Waals surface area contributed by atoms with Crippen LogP contribution in [0.3, 0.4) is 0 Å². The van der Waals surface area contributed by atoms with E-state index in [4.69, 9.17) is 10.2 Å². The minimum atomic E-state index is -0.301. The second-order valence-corrected chi connectivity index (χ2v) is 6.91. The maximum absolute atomic E-state index is 12.0. The first-order chi connectivity index (χ1) is 15.6. The number of benzene rings is 1. The minimum absolute atomic E-state index is 0.166. The molecule has 0 saturated carbocycles. The summed E-state index contributed by atoms with van der Waals surface area (Å²) in [6.07, 6.45) is 5.69. The average molecular weight is 432 g/mol. The van der Waals surface area contributed by atoms with Crippen molar-refractivity contribution in [1.29, 1.82) is 5.26 Å². The van der Waals surface area contributed by atoms with E-state index in [0.29, 0.717) is 42.2 Å². The van der Waals surface area contributed by atoms with Crippen LogP contribution in [0.1, 0.15) is 29.9 Å². The number of para-hydroxylation sites is 1. The lowest BCUT2D eigenvalue weighted by Crippen LogP contribution is -2.30. The smallest absolute Gasteiger partial charge is 0.244 e. The highest BCUT2D eigenvalue weighted by atomic mass is 16.3. The van der Waals surface area contributed by atoms with Gasteiger partial charge in [-0.05, 0) is 43.2 Å². The highest BCUT2D eigenvalue weighted by Gasteiger charge is 2.16. The Balaban J connectivity index is 1.39. The van der Waals surface area contributed by atoms with Gasteiger partial charge in [0.1, 0.15) is 23.2 Å². The van der Waals surface area contributed by atoms with Gasteiger partial charge in [0.25, 0.3) is 0 Å². The van der Waals surface area contributed by atoms with Gasteiger partial charge in [-0.1, -0.05) is 18.2 Å². The number of carbonyl (C=O) groups excluding carboxylic acids is 2. The number of furan rings is 1. The van der Waals surface area contributed by atoms with Crippen LogP contribution < -0.4 is 16.4 Å². The van der Waals surface area contributed by atoms with Crippen molar-refractivity contribution in [2.75, 3.05) is 18.8 Å². The second-order valence-electron chi connectivity index (χ2n) is 6.91. The number of aromatic nitrogens is 2. The maximum atomic E-state index is 12.0. The van der Waals surface area contributed by atoms with Crippen LogP contribution in [0.15, 0.2) is 59.2 Å². The summed E-state index contributed by atoms with van der Waals surface area (Å²) in [5.74, 6) is 0.405. The zero-order chi connectivity index (χ0) is 22.8. The molecule has 0 aliphatic rings. The standard InChI is InChI=1S/C23H24N6O3/c24-16-19-20(28-29(23(19)25)17-6-2-1-3-7-17)9-4-13-26-22(31)12-14-27-21(30)11-10-18-8-5-15-32-18/h1-3,5-8,10-11,15H,4,9,12-14,25H2,(H,26,31)(H,27,30)/b11-10+. The molecule has 0 fully saturated rings. The molecule has 0 aliphatic carbocycles. The Hall–Kier alpha value is -4.32. The Morgan fingerprint density at radius 2 is 1.97 bits per heavy atom. The molecule has 0 unspecified atom stereocenters. The lowest BCUT2D eigenvalue weighted by Gasteiger charge is -2.05. The monoisotopic (exact) mass is 432 g/mol. The number of nitriles is 1. The van der Waals surface area contributed by atoms with Crippen LogP contribution in [-0.2, 0) is 16.0 Å². The zero-order valence-corrected chi connectivity index (χ0v) is 17.5. The van der Waals surface area contributed by atoms with Crippen molar-refractivity contribution in [2.24, 2.45) is 0 Å². The molecule has 164 valence electrons. The molecule has 0 bridgehead atoms. The van der Waals surface area contributed by atoms with Gasteiger partial charge in [0.05, 0.1) is 17.6 Å². The molecule has 2 aromatic heterocycles. The van der Waals surface area contributed by atoms with E-state index >= 15 is 0 Å². The molecule has 2 amide bonds. The third-order valence-corrected chi connectivity index (χ3v) is 4.61. The van der Waals surface area contributed by atoms with E-state index < -0.39 is 0 Å². The van der Waals surface area contributed by atoms with Crippen LogP contribution in [0.4, 0.5) is 5.82 Å². The first kappa shape index (κ1) is 22.4. The van der Waals surface area contributed by atoms with Gasteiger partial charge in [-0.2, -0.15) is 10.4 Å². The number of nitrogen functional groups attached to an aromatic ring is 1. The van der Waals surface area contributed by atoms with Crippen LogP contribution in [0, 0.1) is 11.3 Å². The first-order valence-corrected chi connectivity index (χ1v) is 10.2. The Morgan fingerprint density at radius 3 is 2.69 bits per heavy atom. The van der Waals surface area contributed by atoms with Gasteiger partial charge >= 0.3 is 0 Å². The van der Waals surface area contributed by atoms with E-state index in [1.54, 1.807) is 22.9 Å². The molecule has 1 aromatic carbocycles. The summed E-state index contributed by atoms with van der Waals surface area (Å²) in [4.78, 5) is 23.7.